The zero-order valence-corrected chi connectivity index (χ0v) is 12.6. The Hall–Kier alpha value is -2.28. The van der Waals surface area contributed by atoms with Crippen LogP contribution in [0.2, 0.25) is 0 Å². The SMILES string of the molecule is Cc1ccc(C(C)(O)CNC(=O)c2ccccc2C(F)(F)F)o1. The molecule has 124 valence electrons. The molecule has 23 heavy (non-hydrogen) atoms. The zero-order valence-electron chi connectivity index (χ0n) is 12.6. The van der Waals surface area contributed by atoms with Crippen LogP contribution in [0.4, 0.5) is 13.2 Å². The van der Waals surface area contributed by atoms with Gasteiger partial charge in [0, 0.05) is 0 Å². The molecule has 0 aliphatic rings. The number of nitrogens with one attached hydrogen (secondary N) is 1. The lowest BCUT2D eigenvalue weighted by Crippen LogP contribution is -2.39. The number of carbonyl (C=O) groups excluding carboxylic acids is 1. The molecule has 1 atom stereocenters. The van der Waals surface area contributed by atoms with Crippen molar-refractivity contribution >= 4 is 5.91 Å². The Balaban J connectivity index is 2.14. The van der Waals surface area contributed by atoms with Crippen molar-refractivity contribution in [2.24, 2.45) is 0 Å². The maximum Gasteiger partial charge on any atom is 0.417 e. The van der Waals surface area contributed by atoms with Crippen LogP contribution in [0.3, 0.4) is 0 Å². The summed E-state index contributed by atoms with van der Waals surface area (Å²) in [5.74, 6) is -0.116. The second kappa shape index (κ2) is 6.08. The number of aliphatic hydroxyl groups is 1. The zero-order chi connectivity index (χ0) is 17.3. The van der Waals surface area contributed by atoms with E-state index in [1.165, 1.54) is 19.1 Å². The van der Waals surface area contributed by atoms with Crippen LogP contribution in [0.5, 0.6) is 0 Å². The summed E-state index contributed by atoms with van der Waals surface area (Å²) in [6.45, 7) is 2.81. The smallest absolute Gasteiger partial charge is 0.417 e. The van der Waals surface area contributed by atoms with Gasteiger partial charge in [-0.25, -0.2) is 0 Å². The van der Waals surface area contributed by atoms with E-state index in [0.29, 0.717) is 5.76 Å². The van der Waals surface area contributed by atoms with Crippen molar-refractivity contribution in [2.75, 3.05) is 6.54 Å². The number of alkyl halides is 3. The van der Waals surface area contributed by atoms with Crippen molar-refractivity contribution < 1.29 is 27.5 Å². The van der Waals surface area contributed by atoms with E-state index in [1.54, 1.807) is 19.1 Å². The molecular weight excluding hydrogens is 311 g/mol. The third-order valence-corrected chi connectivity index (χ3v) is 3.34. The van der Waals surface area contributed by atoms with Crippen molar-refractivity contribution in [3.8, 4) is 0 Å². The van der Waals surface area contributed by atoms with E-state index in [1.807, 2.05) is 0 Å². The van der Waals surface area contributed by atoms with Gasteiger partial charge < -0.3 is 14.8 Å². The Labute approximate surface area is 130 Å². The monoisotopic (exact) mass is 327 g/mol. The third-order valence-electron chi connectivity index (χ3n) is 3.34. The minimum absolute atomic E-state index is 0.222. The molecule has 1 unspecified atom stereocenters. The molecular formula is C16H16F3NO3. The molecule has 2 N–H and O–H groups in total. The van der Waals surface area contributed by atoms with Crippen LogP contribution in [0.25, 0.3) is 0 Å². The van der Waals surface area contributed by atoms with Crippen molar-refractivity contribution in [3.05, 3.63) is 59.0 Å². The normalized spacial score (nSPS) is 14.3. The largest absolute Gasteiger partial charge is 0.463 e. The van der Waals surface area contributed by atoms with Crippen LogP contribution < -0.4 is 5.32 Å². The predicted molar refractivity (Wildman–Crippen MR) is 76.8 cm³/mol. The Morgan fingerprint density at radius 1 is 1.22 bits per heavy atom. The average Bonchev–Trinajstić information content (AvgIpc) is 2.91. The van der Waals surface area contributed by atoms with Gasteiger partial charge in [-0.2, -0.15) is 13.2 Å². The van der Waals surface area contributed by atoms with Gasteiger partial charge in [-0.1, -0.05) is 12.1 Å². The fourth-order valence-corrected chi connectivity index (χ4v) is 2.09. The molecule has 1 aromatic carbocycles. The molecule has 7 heteroatoms. The topological polar surface area (TPSA) is 62.5 Å². The minimum atomic E-state index is -4.63. The van der Waals surface area contributed by atoms with E-state index < -0.39 is 28.8 Å². The number of amides is 1. The van der Waals surface area contributed by atoms with Crippen LogP contribution in [0.1, 0.15) is 34.4 Å². The maximum atomic E-state index is 12.9. The Morgan fingerprint density at radius 2 is 1.87 bits per heavy atom. The number of hydrogen-bond donors (Lipinski definition) is 2. The molecule has 2 rings (SSSR count). The molecule has 0 fully saturated rings. The van der Waals surface area contributed by atoms with Crippen molar-refractivity contribution in [1.82, 2.24) is 5.32 Å². The lowest BCUT2D eigenvalue weighted by Gasteiger charge is -2.22. The second-order valence-electron chi connectivity index (χ2n) is 5.41. The summed E-state index contributed by atoms with van der Waals surface area (Å²) >= 11 is 0. The fourth-order valence-electron chi connectivity index (χ4n) is 2.09. The van der Waals surface area contributed by atoms with Crippen LogP contribution in [0.15, 0.2) is 40.8 Å². The van der Waals surface area contributed by atoms with E-state index in [2.05, 4.69) is 5.32 Å². The molecule has 0 spiro atoms. The van der Waals surface area contributed by atoms with Crippen LogP contribution >= 0.6 is 0 Å². The molecule has 0 radical (unpaired) electrons. The van der Waals surface area contributed by atoms with Gasteiger partial charge in [0.2, 0.25) is 0 Å². The minimum Gasteiger partial charge on any atom is -0.463 e. The number of furan rings is 1. The first-order valence-corrected chi connectivity index (χ1v) is 6.85. The van der Waals surface area contributed by atoms with Crippen molar-refractivity contribution in [1.29, 1.82) is 0 Å². The van der Waals surface area contributed by atoms with Gasteiger partial charge in [0.1, 0.15) is 17.1 Å². The number of halogens is 3. The third kappa shape index (κ3) is 3.92. The fraction of sp³-hybridized carbons (Fsp3) is 0.312. The van der Waals surface area contributed by atoms with Crippen LogP contribution in [-0.2, 0) is 11.8 Å². The van der Waals surface area contributed by atoms with Gasteiger partial charge in [0.25, 0.3) is 5.91 Å². The molecule has 0 bridgehead atoms. The van der Waals surface area contributed by atoms with Crippen molar-refractivity contribution in [3.63, 3.8) is 0 Å². The van der Waals surface area contributed by atoms with E-state index >= 15 is 0 Å². The van der Waals surface area contributed by atoms with Crippen molar-refractivity contribution in [2.45, 2.75) is 25.6 Å². The Morgan fingerprint density at radius 3 is 2.43 bits per heavy atom. The summed E-state index contributed by atoms with van der Waals surface area (Å²) in [7, 11) is 0. The number of rotatable bonds is 4. The summed E-state index contributed by atoms with van der Waals surface area (Å²) < 4.78 is 44.0. The Kier molecular flexibility index (Phi) is 4.51. The van der Waals surface area contributed by atoms with E-state index in [-0.39, 0.29) is 12.3 Å². The maximum absolute atomic E-state index is 12.9. The standard InChI is InChI=1S/C16H16F3NO3/c1-10-7-8-13(23-10)15(2,22)9-20-14(21)11-5-3-4-6-12(11)16(17,18)19/h3-8,22H,9H2,1-2H3,(H,20,21). The number of aryl methyl sites for hydroxylation is 1. The summed E-state index contributed by atoms with van der Waals surface area (Å²) in [4.78, 5) is 12.0. The first-order valence-electron chi connectivity index (χ1n) is 6.85. The predicted octanol–water partition coefficient (Wildman–Crippen LogP) is 3.24. The van der Waals surface area contributed by atoms with Crippen LogP contribution in [-0.4, -0.2) is 17.6 Å². The highest BCUT2D eigenvalue weighted by atomic mass is 19.4. The van der Waals surface area contributed by atoms with Gasteiger partial charge in [0.05, 0.1) is 17.7 Å². The number of hydrogen-bond acceptors (Lipinski definition) is 3. The lowest BCUT2D eigenvalue weighted by atomic mass is 10.0. The second-order valence-corrected chi connectivity index (χ2v) is 5.41. The molecule has 1 aromatic heterocycles. The quantitative estimate of drug-likeness (QED) is 0.906. The summed E-state index contributed by atoms with van der Waals surface area (Å²) in [5, 5.41) is 12.6. The number of carbonyl (C=O) groups is 1. The Bertz CT molecular complexity index is 705. The van der Waals surface area contributed by atoms with Crippen LogP contribution in [0, 0.1) is 6.92 Å². The highest BCUT2D eigenvalue weighted by Crippen LogP contribution is 2.32. The van der Waals surface area contributed by atoms with Gasteiger partial charge >= 0.3 is 6.18 Å². The molecule has 0 aliphatic carbocycles. The molecule has 1 heterocycles. The van der Waals surface area contributed by atoms with E-state index in [9.17, 15) is 23.1 Å². The molecule has 2 aromatic rings. The molecule has 0 saturated carbocycles. The number of benzene rings is 1. The molecule has 4 nitrogen and oxygen atoms in total. The lowest BCUT2D eigenvalue weighted by molar-refractivity contribution is -0.137. The summed E-state index contributed by atoms with van der Waals surface area (Å²) in [6.07, 6.45) is -4.63. The van der Waals surface area contributed by atoms with Gasteiger partial charge in [-0.3, -0.25) is 4.79 Å². The van der Waals surface area contributed by atoms with Gasteiger partial charge in [-0.05, 0) is 38.1 Å². The van der Waals surface area contributed by atoms with E-state index in [4.69, 9.17) is 4.42 Å². The first kappa shape index (κ1) is 17.1. The first-order chi connectivity index (χ1) is 10.6. The van der Waals surface area contributed by atoms with Gasteiger partial charge in [0.15, 0.2) is 0 Å². The average molecular weight is 327 g/mol. The van der Waals surface area contributed by atoms with E-state index in [0.717, 1.165) is 12.1 Å². The summed E-state index contributed by atoms with van der Waals surface area (Å²) in [5.41, 5.74) is -3.05. The molecule has 0 aliphatic heterocycles. The molecule has 0 saturated heterocycles. The highest BCUT2D eigenvalue weighted by Gasteiger charge is 2.35. The summed E-state index contributed by atoms with van der Waals surface area (Å²) in [6, 6.07) is 7.67. The highest BCUT2D eigenvalue weighted by molar-refractivity contribution is 5.95. The van der Waals surface area contributed by atoms with Gasteiger partial charge in [-0.15, -0.1) is 0 Å². The molecule has 1 amide bonds.